The van der Waals surface area contributed by atoms with Gasteiger partial charge in [-0.3, -0.25) is 4.98 Å². The molecule has 0 fully saturated rings. The second-order valence-corrected chi connectivity index (χ2v) is 1.87. The van der Waals surface area contributed by atoms with Crippen LogP contribution in [0.2, 0.25) is 0 Å². The quantitative estimate of drug-likeness (QED) is 0.730. The van der Waals surface area contributed by atoms with Crippen LogP contribution in [-0.4, -0.2) is 11.5 Å². The van der Waals surface area contributed by atoms with Gasteiger partial charge >= 0.3 is 0 Å². The van der Waals surface area contributed by atoms with Gasteiger partial charge in [-0.1, -0.05) is 19.6 Å². The van der Waals surface area contributed by atoms with E-state index in [4.69, 9.17) is 5.73 Å². The number of aromatic nitrogens is 1. The van der Waals surface area contributed by atoms with Crippen molar-refractivity contribution in [1.29, 1.82) is 0 Å². The Labute approximate surface area is 79.9 Å². The SMILES string of the molecule is C=Cc1ccccn1.CCN.Cl. The van der Waals surface area contributed by atoms with Crippen LogP contribution in [0, 0.1) is 0 Å². The molecule has 0 aliphatic carbocycles. The van der Waals surface area contributed by atoms with Crippen molar-refractivity contribution in [3.05, 3.63) is 36.7 Å². The normalized spacial score (nSPS) is 7.17. The zero-order chi connectivity index (χ0) is 8.53. The summed E-state index contributed by atoms with van der Waals surface area (Å²) >= 11 is 0. The third-order valence-corrected chi connectivity index (χ3v) is 0.897. The summed E-state index contributed by atoms with van der Waals surface area (Å²) in [4.78, 5) is 3.98. The summed E-state index contributed by atoms with van der Waals surface area (Å²) in [5, 5.41) is 0. The molecule has 0 radical (unpaired) electrons. The van der Waals surface area contributed by atoms with Gasteiger partial charge in [0.2, 0.25) is 0 Å². The van der Waals surface area contributed by atoms with Crippen LogP contribution in [0.3, 0.4) is 0 Å². The molecule has 1 heterocycles. The third kappa shape index (κ3) is 7.25. The van der Waals surface area contributed by atoms with Crippen LogP contribution in [0.1, 0.15) is 12.6 Å². The molecule has 1 aromatic heterocycles. The molecule has 0 atom stereocenters. The molecule has 0 unspecified atom stereocenters. The van der Waals surface area contributed by atoms with Crippen LogP contribution in [0.5, 0.6) is 0 Å². The van der Waals surface area contributed by atoms with Crippen LogP contribution < -0.4 is 5.73 Å². The molecule has 1 rings (SSSR count). The van der Waals surface area contributed by atoms with E-state index in [-0.39, 0.29) is 12.4 Å². The predicted molar refractivity (Wildman–Crippen MR) is 56.3 cm³/mol. The first-order valence-electron chi connectivity index (χ1n) is 3.58. The topological polar surface area (TPSA) is 38.9 Å². The maximum Gasteiger partial charge on any atom is 0.0623 e. The monoisotopic (exact) mass is 186 g/mol. The van der Waals surface area contributed by atoms with Crippen molar-refractivity contribution in [3.63, 3.8) is 0 Å². The molecular formula is C9H15ClN2. The molecule has 0 aliphatic rings. The molecule has 0 spiro atoms. The van der Waals surface area contributed by atoms with Gasteiger partial charge in [-0.15, -0.1) is 12.4 Å². The lowest BCUT2D eigenvalue weighted by atomic mass is 10.4. The molecule has 0 amide bonds. The molecule has 1 aromatic rings. The van der Waals surface area contributed by atoms with Crippen molar-refractivity contribution < 1.29 is 0 Å². The van der Waals surface area contributed by atoms with E-state index in [9.17, 15) is 0 Å². The maximum absolute atomic E-state index is 4.85. The van der Waals surface area contributed by atoms with Gasteiger partial charge in [-0.05, 0) is 24.8 Å². The summed E-state index contributed by atoms with van der Waals surface area (Å²) in [6, 6.07) is 5.73. The fourth-order valence-corrected chi connectivity index (χ4v) is 0.497. The predicted octanol–water partition coefficient (Wildman–Crippen LogP) is 2.11. The summed E-state index contributed by atoms with van der Waals surface area (Å²) in [5.74, 6) is 0. The van der Waals surface area contributed by atoms with Crippen LogP contribution in [-0.2, 0) is 0 Å². The third-order valence-electron chi connectivity index (χ3n) is 0.897. The Bertz CT molecular complexity index is 187. The fraction of sp³-hybridized carbons (Fsp3) is 0.222. The average molecular weight is 187 g/mol. The second-order valence-electron chi connectivity index (χ2n) is 1.87. The smallest absolute Gasteiger partial charge is 0.0623 e. The zero-order valence-corrected chi connectivity index (χ0v) is 8.05. The Morgan fingerprint density at radius 1 is 1.58 bits per heavy atom. The Morgan fingerprint density at radius 3 is 2.42 bits per heavy atom. The van der Waals surface area contributed by atoms with Crippen molar-refractivity contribution in [2.45, 2.75) is 6.92 Å². The molecule has 0 aliphatic heterocycles. The highest BCUT2D eigenvalue weighted by molar-refractivity contribution is 5.85. The summed E-state index contributed by atoms with van der Waals surface area (Å²) in [5.41, 5.74) is 5.77. The van der Waals surface area contributed by atoms with E-state index in [1.807, 2.05) is 25.1 Å². The minimum absolute atomic E-state index is 0. The standard InChI is InChI=1S/C7H7N.C2H7N.ClH/c1-2-7-5-3-4-6-8-7;1-2-3;/h2-6H,1H2;2-3H2,1H3;1H. The number of hydrogen-bond donors (Lipinski definition) is 1. The van der Waals surface area contributed by atoms with E-state index in [1.54, 1.807) is 12.3 Å². The number of nitrogens with zero attached hydrogens (tertiary/aromatic N) is 1. The van der Waals surface area contributed by atoms with Crippen LogP contribution in [0.4, 0.5) is 0 Å². The number of rotatable bonds is 1. The van der Waals surface area contributed by atoms with Gasteiger partial charge < -0.3 is 5.73 Å². The second kappa shape index (κ2) is 10.1. The van der Waals surface area contributed by atoms with E-state index in [2.05, 4.69) is 11.6 Å². The Kier molecular flexibility index (Phi) is 11.6. The van der Waals surface area contributed by atoms with E-state index in [0.717, 1.165) is 12.2 Å². The highest BCUT2D eigenvalue weighted by Gasteiger charge is 1.77. The molecule has 0 bridgehead atoms. The highest BCUT2D eigenvalue weighted by Crippen LogP contribution is 1.91. The van der Waals surface area contributed by atoms with Crippen molar-refractivity contribution in [3.8, 4) is 0 Å². The molecule has 0 aromatic carbocycles. The number of halogens is 1. The van der Waals surface area contributed by atoms with Gasteiger partial charge in [-0.25, -0.2) is 0 Å². The van der Waals surface area contributed by atoms with Gasteiger partial charge in [0.1, 0.15) is 0 Å². The molecule has 2 nitrogen and oxygen atoms in total. The summed E-state index contributed by atoms with van der Waals surface area (Å²) in [6.45, 7) is 6.22. The summed E-state index contributed by atoms with van der Waals surface area (Å²) in [7, 11) is 0. The van der Waals surface area contributed by atoms with Crippen molar-refractivity contribution in [1.82, 2.24) is 4.98 Å². The van der Waals surface area contributed by atoms with Gasteiger partial charge in [0.15, 0.2) is 0 Å². The van der Waals surface area contributed by atoms with Crippen molar-refractivity contribution in [2.24, 2.45) is 5.73 Å². The van der Waals surface area contributed by atoms with Crippen LogP contribution in [0.15, 0.2) is 31.0 Å². The Hall–Kier alpha value is -0.860. The van der Waals surface area contributed by atoms with E-state index in [0.29, 0.717) is 0 Å². The van der Waals surface area contributed by atoms with E-state index < -0.39 is 0 Å². The van der Waals surface area contributed by atoms with Gasteiger partial charge in [0, 0.05) is 6.20 Å². The first-order chi connectivity index (χ1) is 5.35. The summed E-state index contributed by atoms with van der Waals surface area (Å²) in [6.07, 6.45) is 3.47. The summed E-state index contributed by atoms with van der Waals surface area (Å²) < 4.78 is 0. The van der Waals surface area contributed by atoms with E-state index in [1.165, 1.54) is 0 Å². The van der Waals surface area contributed by atoms with Crippen LogP contribution in [0.25, 0.3) is 6.08 Å². The molecule has 0 saturated carbocycles. The molecule has 0 saturated heterocycles. The highest BCUT2D eigenvalue weighted by atomic mass is 35.5. The zero-order valence-electron chi connectivity index (χ0n) is 7.23. The average Bonchev–Trinajstić information content (AvgIpc) is 2.08. The molecule has 2 N–H and O–H groups in total. The lowest BCUT2D eigenvalue weighted by Gasteiger charge is -1.84. The molecular weight excluding hydrogens is 172 g/mol. The molecule has 12 heavy (non-hydrogen) atoms. The largest absolute Gasteiger partial charge is 0.331 e. The Balaban J connectivity index is 0. The number of pyridine rings is 1. The first-order valence-corrected chi connectivity index (χ1v) is 3.58. The van der Waals surface area contributed by atoms with Crippen molar-refractivity contribution >= 4 is 18.5 Å². The lowest BCUT2D eigenvalue weighted by molar-refractivity contribution is 1.14. The Morgan fingerprint density at radius 2 is 2.17 bits per heavy atom. The maximum atomic E-state index is 4.85. The van der Waals surface area contributed by atoms with Crippen LogP contribution >= 0.6 is 12.4 Å². The van der Waals surface area contributed by atoms with Crippen molar-refractivity contribution in [2.75, 3.05) is 6.54 Å². The molecule has 68 valence electrons. The number of hydrogen-bond acceptors (Lipinski definition) is 2. The minimum Gasteiger partial charge on any atom is -0.331 e. The van der Waals surface area contributed by atoms with Gasteiger partial charge in [-0.2, -0.15) is 0 Å². The van der Waals surface area contributed by atoms with Gasteiger partial charge in [0.05, 0.1) is 5.69 Å². The first kappa shape index (κ1) is 13.7. The van der Waals surface area contributed by atoms with E-state index >= 15 is 0 Å². The fourth-order valence-electron chi connectivity index (χ4n) is 0.497. The minimum atomic E-state index is 0. The van der Waals surface area contributed by atoms with Gasteiger partial charge in [0.25, 0.3) is 0 Å². The lowest BCUT2D eigenvalue weighted by Crippen LogP contribution is -1.87. The number of nitrogens with two attached hydrogens (primary N) is 1. The molecule has 3 heteroatoms.